The van der Waals surface area contributed by atoms with Gasteiger partial charge in [-0.05, 0) is 49.4 Å². The van der Waals surface area contributed by atoms with E-state index in [-0.39, 0.29) is 0 Å². The number of aromatic nitrogens is 1. The van der Waals surface area contributed by atoms with Crippen LogP contribution >= 0.6 is 11.9 Å². The Bertz CT molecular complexity index is 601. The maximum absolute atomic E-state index is 2.48. The van der Waals surface area contributed by atoms with Gasteiger partial charge >= 0.3 is 0 Å². The van der Waals surface area contributed by atoms with E-state index in [1.807, 2.05) is 11.9 Å². The average Bonchev–Trinajstić information content (AvgIpc) is 2.66. The summed E-state index contributed by atoms with van der Waals surface area (Å²) in [5, 5.41) is 0. The van der Waals surface area contributed by atoms with Crippen LogP contribution in [0, 0.1) is 13.8 Å². The molecule has 0 amide bonds. The van der Waals surface area contributed by atoms with Crippen molar-refractivity contribution in [1.82, 2.24) is 8.87 Å². The van der Waals surface area contributed by atoms with E-state index in [4.69, 9.17) is 0 Å². The van der Waals surface area contributed by atoms with Gasteiger partial charge < -0.3 is 4.57 Å². The first kappa shape index (κ1) is 12.8. The molecule has 2 heterocycles. The Hall–Kier alpha value is -1.19. The van der Waals surface area contributed by atoms with Crippen LogP contribution in [0.1, 0.15) is 22.5 Å². The van der Waals surface area contributed by atoms with Crippen molar-refractivity contribution in [1.29, 1.82) is 0 Å². The third kappa shape index (κ3) is 2.45. The zero-order valence-corrected chi connectivity index (χ0v) is 12.6. The molecule has 0 bridgehead atoms. The second-order valence-electron chi connectivity index (χ2n) is 5.27. The summed E-state index contributed by atoms with van der Waals surface area (Å²) < 4.78 is 4.74. The molecule has 0 atom stereocenters. The van der Waals surface area contributed by atoms with Crippen LogP contribution < -0.4 is 0 Å². The molecule has 0 spiro atoms. The molecule has 0 radical (unpaired) electrons. The molecule has 3 heteroatoms. The van der Waals surface area contributed by atoms with E-state index < -0.39 is 0 Å². The first-order chi connectivity index (χ1) is 9.15. The lowest BCUT2D eigenvalue weighted by atomic mass is 10.0. The molecule has 1 aromatic carbocycles. The highest BCUT2D eigenvalue weighted by Gasteiger charge is 2.18. The van der Waals surface area contributed by atoms with Gasteiger partial charge in [-0.2, -0.15) is 0 Å². The fourth-order valence-corrected chi connectivity index (χ4v) is 3.76. The van der Waals surface area contributed by atoms with Gasteiger partial charge in [0.05, 0.1) is 0 Å². The second kappa shape index (κ2) is 5.06. The standard InChI is InChI=1S/C16H20N2S/c1-12-10-16(13(2)17(12)3)19-18-9-8-14-6-4-5-7-15(14)11-18/h4-7,10H,8-9,11H2,1-3H3. The Morgan fingerprint density at radius 1 is 1.11 bits per heavy atom. The van der Waals surface area contributed by atoms with Gasteiger partial charge in [0.1, 0.15) is 0 Å². The van der Waals surface area contributed by atoms with E-state index >= 15 is 0 Å². The van der Waals surface area contributed by atoms with Crippen LogP contribution in [0.3, 0.4) is 0 Å². The van der Waals surface area contributed by atoms with Gasteiger partial charge in [-0.25, -0.2) is 4.31 Å². The molecule has 19 heavy (non-hydrogen) atoms. The molecule has 2 nitrogen and oxygen atoms in total. The van der Waals surface area contributed by atoms with Gasteiger partial charge in [-0.3, -0.25) is 0 Å². The van der Waals surface area contributed by atoms with E-state index in [0.29, 0.717) is 0 Å². The zero-order chi connectivity index (χ0) is 13.4. The molecule has 0 aliphatic carbocycles. The molecule has 1 aliphatic heterocycles. The molecule has 2 aromatic rings. The van der Waals surface area contributed by atoms with E-state index in [9.17, 15) is 0 Å². The normalized spacial score (nSPS) is 15.5. The van der Waals surface area contributed by atoms with Crippen molar-refractivity contribution in [2.45, 2.75) is 31.7 Å². The van der Waals surface area contributed by atoms with E-state index in [1.54, 1.807) is 0 Å². The smallest absolute Gasteiger partial charge is 0.0439 e. The summed E-state index contributed by atoms with van der Waals surface area (Å²) >= 11 is 1.90. The number of aryl methyl sites for hydroxylation is 1. The van der Waals surface area contributed by atoms with Crippen molar-refractivity contribution in [2.24, 2.45) is 7.05 Å². The highest BCUT2D eigenvalue weighted by Crippen LogP contribution is 2.32. The number of rotatable bonds is 2. The van der Waals surface area contributed by atoms with Gasteiger partial charge in [0, 0.05) is 36.4 Å². The zero-order valence-electron chi connectivity index (χ0n) is 11.8. The molecule has 1 aliphatic rings. The van der Waals surface area contributed by atoms with Crippen LogP contribution in [-0.4, -0.2) is 15.4 Å². The van der Waals surface area contributed by atoms with E-state index in [1.165, 1.54) is 27.4 Å². The summed E-state index contributed by atoms with van der Waals surface area (Å²) in [6.07, 6.45) is 1.16. The number of benzene rings is 1. The Balaban J connectivity index is 1.77. The fraction of sp³-hybridized carbons (Fsp3) is 0.375. The number of hydrogen-bond donors (Lipinski definition) is 0. The number of nitrogens with zero attached hydrogens (tertiary/aromatic N) is 2. The Kier molecular flexibility index (Phi) is 3.42. The molecular formula is C16H20N2S. The predicted octanol–water partition coefficient (Wildman–Crippen LogP) is 3.71. The Labute approximate surface area is 119 Å². The van der Waals surface area contributed by atoms with Crippen LogP contribution in [0.4, 0.5) is 0 Å². The molecule has 100 valence electrons. The summed E-state index contributed by atoms with van der Waals surface area (Å²) in [5.74, 6) is 0. The highest BCUT2D eigenvalue weighted by atomic mass is 32.2. The topological polar surface area (TPSA) is 8.17 Å². The minimum Gasteiger partial charge on any atom is -0.351 e. The maximum Gasteiger partial charge on any atom is 0.0439 e. The summed E-state index contributed by atoms with van der Waals surface area (Å²) in [7, 11) is 2.14. The van der Waals surface area contributed by atoms with Crippen molar-refractivity contribution in [3.8, 4) is 0 Å². The molecule has 3 rings (SSSR count). The Morgan fingerprint density at radius 3 is 2.53 bits per heavy atom. The van der Waals surface area contributed by atoms with Crippen LogP contribution in [0.2, 0.25) is 0 Å². The monoisotopic (exact) mass is 272 g/mol. The van der Waals surface area contributed by atoms with Gasteiger partial charge in [0.25, 0.3) is 0 Å². The van der Waals surface area contributed by atoms with Gasteiger partial charge in [0.2, 0.25) is 0 Å². The maximum atomic E-state index is 2.48. The fourth-order valence-electron chi connectivity index (χ4n) is 2.60. The van der Waals surface area contributed by atoms with Crippen molar-refractivity contribution < 1.29 is 0 Å². The van der Waals surface area contributed by atoms with Crippen molar-refractivity contribution in [3.05, 3.63) is 52.8 Å². The third-order valence-corrected chi connectivity index (χ3v) is 5.23. The van der Waals surface area contributed by atoms with Crippen molar-refractivity contribution >= 4 is 11.9 Å². The molecule has 0 saturated heterocycles. The van der Waals surface area contributed by atoms with Gasteiger partial charge in [-0.1, -0.05) is 24.3 Å². The first-order valence-electron chi connectivity index (χ1n) is 6.78. The van der Waals surface area contributed by atoms with Crippen molar-refractivity contribution in [3.63, 3.8) is 0 Å². The Morgan fingerprint density at radius 2 is 1.84 bits per heavy atom. The molecule has 1 aromatic heterocycles. The highest BCUT2D eigenvalue weighted by molar-refractivity contribution is 7.97. The molecule has 0 unspecified atom stereocenters. The predicted molar refractivity (Wildman–Crippen MR) is 81.3 cm³/mol. The van der Waals surface area contributed by atoms with Crippen LogP contribution in [0.5, 0.6) is 0 Å². The number of fused-ring (bicyclic) bond motifs is 1. The summed E-state index contributed by atoms with van der Waals surface area (Å²) in [5.41, 5.74) is 5.69. The van der Waals surface area contributed by atoms with Gasteiger partial charge in [-0.15, -0.1) is 0 Å². The van der Waals surface area contributed by atoms with Crippen molar-refractivity contribution in [2.75, 3.05) is 6.54 Å². The van der Waals surface area contributed by atoms with Crippen LogP contribution in [0.25, 0.3) is 0 Å². The minimum atomic E-state index is 1.05. The largest absolute Gasteiger partial charge is 0.351 e. The average molecular weight is 272 g/mol. The number of hydrogen-bond acceptors (Lipinski definition) is 2. The first-order valence-corrected chi connectivity index (χ1v) is 7.55. The van der Waals surface area contributed by atoms with Gasteiger partial charge in [0.15, 0.2) is 0 Å². The minimum absolute atomic E-state index is 1.05. The molecule has 0 fully saturated rings. The summed E-state index contributed by atoms with van der Waals surface area (Å²) in [6.45, 7) is 6.55. The lowest BCUT2D eigenvalue weighted by molar-refractivity contribution is 0.444. The molecular weight excluding hydrogens is 252 g/mol. The second-order valence-corrected chi connectivity index (χ2v) is 6.41. The summed E-state index contributed by atoms with van der Waals surface area (Å²) in [6, 6.07) is 11.1. The van der Waals surface area contributed by atoms with E-state index in [0.717, 1.165) is 19.5 Å². The van der Waals surface area contributed by atoms with E-state index in [2.05, 4.69) is 60.1 Å². The van der Waals surface area contributed by atoms with Crippen LogP contribution in [-0.2, 0) is 20.0 Å². The quantitative estimate of drug-likeness (QED) is 0.770. The lowest BCUT2D eigenvalue weighted by Crippen LogP contribution is -2.24. The third-order valence-electron chi connectivity index (χ3n) is 4.05. The van der Waals surface area contributed by atoms with Crippen LogP contribution in [0.15, 0.2) is 35.2 Å². The lowest BCUT2D eigenvalue weighted by Gasteiger charge is -2.27. The molecule has 0 saturated carbocycles. The molecule has 0 N–H and O–H groups in total. The SMILES string of the molecule is Cc1cc(SN2CCc3ccccc3C2)c(C)n1C. The summed E-state index contributed by atoms with van der Waals surface area (Å²) in [4.78, 5) is 1.39.